The molecule has 0 bridgehead atoms. The summed E-state index contributed by atoms with van der Waals surface area (Å²) < 4.78 is 6.45. The number of anilines is 1. The first-order chi connectivity index (χ1) is 13.8. The number of hydrogen-bond acceptors (Lipinski definition) is 3. The molecule has 0 aromatic heterocycles. The first-order valence-electron chi connectivity index (χ1n) is 8.36. The minimum absolute atomic E-state index is 0.0634. The fraction of sp³-hybridized carbons (Fsp3) is 0.0476. The van der Waals surface area contributed by atoms with Gasteiger partial charge in [0, 0.05) is 11.3 Å². The fourth-order valence-electron chi connectivity index (χ4n) is 2.49. The Labute approximate surface area is 185 Å². The molecule has 0 saturated carbocycles. The zero-order valence-corrected chi connectivity index (χ0v) is 17.9. The lowest BCUT2D eigenvalue weighted by Crippen LogP contribution is -2.11. The van der Waals surface area contributed by atoms with Crippen LogP contribution >= 0.6 is 39.1 Å². The number of ether oxygens (including phenoxy) is 1. The summed E-state index contributed by atoms with van der Waals surface area (Å²) in [6.45, 7) is 0. The third-order valence-corrected chi connectivity index (χ3v) is 5.23. The number of carbonyl (C=O) groups excluding carboxylic acids is 1. The molecule has 3 aromatic carbocycles. The number of amides is 1. The third kappa shape index (κ3) is 5.73. The van der Waals surface area contributed by atoms with Crippen molar-refractivity contribution in [2.75, 3.05) is 5.32 Å². The molecule has 0 spiro atoms. The molecule has 0 aliphatic heterocycles. The summed E-state index contributed by atoms with van der Waals surface area (Å²) in [5.74, 6) is -0.103. The van der Waals surface area contributed by atoms with Gasteiger partial charge in [-0.2, -0.15) is 0 Å². The van der Waals surface area contributed by atoms with E-state index in [0.29, 0.717) is 42.8 Å². The van der Waals surface area contributed by atoms with E-state index in [-0.39, 0.29) is 12.3 Å². The van der Waals surface area contributed by atoms with E-state index in [1.165, 1.54) is 6.07 Å². The minimum Gasteiger partial charge on any atom is -0.481 e. The summed E-state index contributed by atoms with van der Waals surface area (Å²) in [7, 11) is 0. The Bertz CT molecular complexity index is 1070. The van der Waals surface area contributed by atoms with Crippen LogP contribution in [0.5, 0.6) is 11.5 Å². The van der Waals surface area contributed by atoms with Crippen LogP contribution in [0, 0.1) is 0 Å². The second kappa shape index (κ2) is 9.31. The van der Waals surface area contributed by atoms with Gasteiger partial charge in [0.25, 0.3) is 5.91 Å². The standard InChI is InChI=1S/C21H14BrCl2NO4/c22-16-9-12(10-20(26)27)1-8-19(16)29-15-5-3-14(4-6-15)25-21(28)13-2-7-17(23)18(24)11-13/h1-9,11H,10H2,(H,25,28)(H,26,27). The molecule has 0 radical (unpaired) electrons. The second-order valence-electron chi connectivity index (χ2n) is 6.04. The van der Waals surface area contributed by atoms with Crippen LogP contribution in [-0.4, -0.2) is 17.0 Å². The van der Waals surface area contributed by atoms with Gasteiger partial charge in [-0.05, 0) is 76.1 Å². The molecule has 0 aliphatic carbocycles. The summed E-state index contributed by atoms with van der Waals surface area (Å²) >= 11 is 15.2. The number of carboxylic acids is 1. The first-order valence-corrected chi connectivity index (χ1v) is 9.91. The van der Waals surface area contributed by atoms with Gasteiger partial charge in [0.15, 0.2) is 0 Å². The van der Waals surface area contributed by atoms with Gasteiger partial charge in [-0.15, -0.1) is 0 Å². The van der Waals surface area contributed by atoms with Crippen molar-refractivity contribution in [3.8, 4) is 11.5 Å². The van der Waals surface area contributed by atoms with Crippen LogP contribution in [0.3, 0.4) is 0 Å². The largest absolute Gasteiger partial charge is 0.481 e. The summed E-state index contributed by atoms with van der Waals surface area (Å²) in [6, 6.07) is 16.6. The topological polar surface area (TPSA) is 75.6 Å². The maximum atomic E-state index is 12.3. The quantitative estimate of drug-likeness (QED) is 0.414. The van der Waals surface area contributed by atoms with Gasteiger partial charge in [0.05, 0.1) is 20.9 Å². The molecular formula is C21H14BrCl2NO4. The lowest BCUT2D eigenvalue weighted by molar-refractivity contribution is -0.136. The normalized spacial score (nSPS) is 10.4. The van der Waals surface area contributed by atoms with E-state index in [1.54, 1.807) is 54.6 Å². The van der Waals surface area contributed by atoms with Crippen LogP contribution < -0.4 is 10.1 Å². The Morgan fingerprint density at radius 2 is 1.69 bits per heavy atom. The van der Waals surface area contributed by atoms with Gasteiger partial charge in [-0.1, -0.05) is 29.3 Å². The van der Waals surface area contributed by atoms with Crippen LogP contribution in [0.2, 0.25) is 10.0 Å². The van der Waals surface area contributed by atoms with Crippen LogP contribution in [0.4, 0.5) is 5.69 Å². The van der Waals surface area contributed by atoms with Crippen molar-refractivity contribution in [2.24, 2.45) is 0 Å². The summed E-state index contributed by atoms with van der Waals surface area (Å²) in [4.78, 5) is 23.1. The number of halogens is 3. The Morgan fingerprint density at radius 1 is 0.966 bits per heavy atom. The van der Waals surface area contributed by atoms with Crippen molar-refractivity contribution in [2.45, 2.75) is 6.42 Å². The monoisotopic (exact) mass is 493 g/mol. The maximum absolute atomic E-state index is 12.3. The highest BCUT2D eigenvalue weighted by atomic mass is 79.9. The molecule has 0 saturated heterocycles. The van der Waals surface area contributed by atoms with Crippen LogP contribution in [0.1, 0.15) is 15.9 Å². The zero-order valence-electron chi connectivity index (χ0n) is 14.8. The van der Waals surface area contributed by atoms with Crippen molar-refractivity contribution >= 4 is 56.7 Å². The van der Waals surface area contributed by atoms with Crippen LogP contribution in [0.25, 0.3) is 0 Å². The number of aliphatic carboxylic acids is 1. The molecule has 5 nitrogen and oxygen atoms in total. The predicted octanol–water partition coefficient (Wildman–Crippen LogP) is 6.43. The van der Waals surface area contributed by atoms with Crippen molar-refractivity contribution in [3.05, 3.63) is 86.3 Å². The number of benzene rings is 3. The SMILES string of the molecule is O=C(O)Cc1ccc(Oc2ccc(NC(=O)c3ccc(Cl)c(Cl)c3)cc2)c(Br)c1. The average Bonchev–Trinajstić information content (AvgIpc) is 2.67. The number of carboxylic acid groups (broad SMARTS) is 1. The molecule has 0 heterocycles. The molecule has 0 unspecified atom stereocenters. The van der Waals surface area contributed by atoms with Crippen molar-refractivity contribution < 1.29 is 19.4 Å². The van der Waals surface area contributed by atoms with Crippen molar-refractivity contribution in [1.82, 2.24) is 0 Å². The van der Waals surface area contributed by atoms with E-state index in [1.807, 2.05) is 0 Å². The Balaban J connectivity index is 1.66. The highest BCUT2D eigenvalue weighted by molar-refractivity contribution is 9.10. The highest BCUT2D eigenvalue weighted by Gasteiger charge is 2.10. The van der Waals surface area contributed by atoms with Gasteiger partial charge in [-0.25, -0.2) is 0 Å². The summed E-state index contributed by atoms with van der Waals surface area (Å²) in [5, 5.41) is 12.3. The van der Waals surface area contributed by atoms with E-state index in [4.69, 9.17) is 33.0 Å². The van der Waals surface area contributed by atoms with E-state index in [2.05, 4.69) is 21.2 Å². The van der Waals surface area contributed by atoms with Crippen molar-refractivity contribution in [3.63, 3.8) is 0 Å². The molecular weight excluding hydrogens is 481 g/mol. The molecule has 3 rings (SSSR count). The smallest absolute Gasteiger partial charge is 0.307 e. The molecule has 2 N–H and O–H groups in total. The Morgan fingerprint density at radius 3 is 2.31 bits per heavy atom. The zero-order chi connectivity index (χ0) is 21.0. The average molecular weight is 495 g/mol. The summed E-state index contributed by atoms with van der Waals surface area (Å²) in [6.07, 6.45) is -0.0634. The molecule has 1 amide bonds. The van der Waals surface area contributed by atoms with Gasteiger partial charge < -0.3 is 15.2 Å². The Hall–Kier alpha value is -2.54. The van der Waals surface area contributed by atoms with Gasteiger partial charge in [-0.3, -0.25) is 9.59 Å². The van der Waals surface area contributed by atoms with Crippen molar-refractivity contribution in [1.29, 1.82) is 0 Å². The number of nitrogens with one attached hydrogen (secondary N) is 1. The number of hydrogen-bond donors (Lipinski definition) is 2. The lowest BCUT2D eigenvalue weighted by atomic mass is 10.1. The third-order valence-electron chi connectivity index (χ3n) is 3.87. The second-order valence-corrected chi connectivity index (χ2v) is 7.71. The molecule has 0 fully saturated rings. The van der Waals surface area contributed by atoms with E-state index in [0.717, 1.165) is 0 Å². The molecule has 3 aromatic rings. The number of rotatable bonds is 6. The van der Waals surface area contributed by atoms with Gasteiger partial charge in [0.2, 0.25) is 0 Å². The summed E-state index contributed by atoms with van der Waals surface area (Å²) in [5.41, 5.74) is 1.64. The van der Waals surface area contributed by atoms with Gasteiger partial charge >= 0.3 is 5.97 Å². The maximum Gasteiger partial charge on any atom is 0.307 e. The first kappa shape index (κ1) is 21.2. The van der Waals surface area contributed by atoms with E-state index >= 15 is 0 Å². The highest BCUT2D eigenvalue weighted by Crippen LogP contribution is 2.31. The van der Waals surface area contributed by atoms with Gasteiger partial charge in [0.1, 0.15) is 11.5 Å². The lowest BCUT2D eigenvalue weighted by Gasteiger charge is -2.10. The molecule has 148 valence electrons. The van der Waals surface area contributed by atoms with E-state index < -0.39 is 5.97 Å². The molecule has 29 heavy (non-hydrogen) atoms. The Kier molecular flexibility index (Phi) is 6.79. The van der Waals surface area contributed by atoms with Crippen LogP contribution in [-0.2, 0) is 11.2 Å². The molecule has 0 atom stereocenters. The van der Waals surface area contributed by atoms with Crippen LogP contribution in [0.15, 0.2) is 65.1 Å². The fourth-order valence-corrected chi connectivity index (χ4v) is 3.29. The molecule has 0 aliphatic rings. The minimum atomic E-state index is -0.899. The molecule has 8 heteroatoms. The predicted molar refractivity (Wildman–Crippen MR) is 116 cm³/mol. The van der Waals surface area contributed by atoms with E-state index in [9.17, 15) is 9.59 Å². The number of carbonyl (C=O) groups is 2.